The van der Waals surface area contributed by atoms with Crippen molar-refractivity contribution in [2.24, 2.45) is 5.92 Å². The van der Waals surface area contributed by atoms with Crippen molar-refractivity contribution in [1.29, 1.82) is 0 Å². The summed E-state index contributed by atoms with van der Waals surface area (Å²) in [4.78, 5) is 25.8. The second kappa shape index (κ2) is 8.31. The summed E-state index contributed by atoms with van der Waals surface area (Å²) in [6, 6.07) is 7.56. The number of carbonyl (C=O) groups excluding carboxylic acids is 2. The van der Waals surface area contributed by atoms with Crippen LogP contribution in [0.15, 0.2) is 24.3 Å². The first kappa shape index (κ1) is 17.8. The Kier molecular flexibility index (Phi) is 6.42. The summed E-state index contributed by atoms with van der Waals surface area (Å²) in [5, 5.41) is 0.670. The van der Waals surface area contributed by atoms with Crippen molar-refractivity contribution in [2.75, 3.05) is 33.4 Å². The number of methoxy groups -OCH3 is 1. The summed E-state index contributed by atoms with van der Waals surface area (Å²) >= 11 is 5.94. The largest absolute Gasteiger partial charge is 0.469 e. The Morgan fingerprint density at radius 1 is 1.30 bits per heavy atom. The minimum Gasteiger partial charge on any atom is -0.469 e. The molecule has 23 heavy (non-hydrogen) atoms. The normalized spacial score (nSPS) is 21.7. The smallest absolute Gasteiger partial charge is 0.320 e. The number of rotatable bonds is 5. The van der Waals surface area contributed by atoms with Crippen molar-refractivity contribution in [3.8, 4) is 0 Å². The Balaban J connectivity index is 2.10. The minimum absolute atomic E-state index is 0.0677. The second-order valence-electron chi connectivity index (χ2n) is 5.62. The van der Waals surface area contributed by atoms with Crippen molar-refractivity contribution >= 4 is 23.5 Å². The monoisotopic (exact) mass is 339 g/mol. The number of halogens is 1. The van der Waals surface area contributed by atoms with Gasteiger partial charge < -0.3 is 9.47 Å². The number of esters is 2. The Morgan fingerprint density at radius 3 is 2.61 bits per heavy atom. The minimum atomic E-state index is -0.302. The van der Waals surface area contributed by atoms with Crippen LogP contribution in [0, 0.1) is 5.92 Å². The summed E-state index contributed by atoms with van der Waals surface area (Å²) < 4.78 is 9.94. The molecule has 0 aromatic heterocycles. The van der Waals surface area contributed by atoms with E-state index in [1.807, 2.05) is 29.2 Å². The maximum absolute atomic E-state index is 12.2. The first-order valence-corrected chi connectivity index (χ1v) is 8.14. The molecule has 0 aliphatic carbocycles. The van der Waals surface area contributed by atoms with E-state index in [0.717, 1.165) is 18.5 Å². The number of likely N-dealkylation sites (tertiary alicyclic amines) is 1. The first-order chi connectivity index (χ1) is 11.0. The lowest BCUT2D eigenvalue weighted by atomic mass is 9.80. The van der Waals surface area contributed by atoms with Gasteiger partial charge in [0.05, 0.1) is 26.2 Å². The lowest BCUT2D eigenvalue weighted by molar-refractivity contribution is -0.151. The van der Waals surface area contributed by atoms with E-state index in [4.69, 9.17) is 21.1 Å². The van der Waals surface area contributed by atoms with Gasteiger partial charge in [-0.15, -0.1) is 0 Å². The van der Waals surface area contributed by atoms with Crippen LogP contribution < -0.4 is 0 Å². The van der Waals surface area contributed by atoms with Crippen molar-refractivity contribution in [1.82, 2.24) is 4.90 Å². The van der Waals surface area contributed by atoms with Crippen LogP contribution in [0.5, 0.6) is 0 Å². The van der Waals surface area contributed by atoms with Gasteiger partial charge in [0.2, 0.25) is 0 Å². The zero-order valence-corrected chi connectivity index (χ0v) is 14.2. The number of nitrogens with zero attached hydrogens (tertiary/aromatic N) is 1. The Labute approximate surface area is 141 Å². The van der Waals surface area contributed by atoms with Crippen molar-refractivity contribution in [3.63, 3.8) is 0 Å². The van der Waals surface area contributed by atoms with Crippen LogP contribution >= 0.6 is 11.6 Å². The third-order valence-electron chi connectivity index (χ3n) is 4.16. The highest BCUT2D eigenvalue weighted by Crippen LogP contribution is 2.34. The molecular weight excluding hydrogens is 318 g/mol. The lowest BCUT2D eigenvalue weighted by Crippen LogP contribution is -2.45. The molecule has 1 aliphatic heterocycles. The van der Waals surface area contributed by atoms with E-state index in [1.165, 1.54) is 7.11 Å². The highest BCUT2D eigenvalue weighted by Gasteiger charge is 2.36. The van der Waals surface area contributed by atoms with Gasteiger partial charge in [-0.2, -0.15) is 0 Å². The van der Waals surface area contributed by atoms with Crippen molar-refractivity contribution in [3.05, 3.63) is 34.9 Å². The van der Waals surface area contributed by atoms with Gasteiger partial charge >= 0.3 is 11.9 Å². The standard InChI is InChI=1S/C17H22ClNO4/c1-3-23-16(20)11-19-9-8-14(15(10-19)17(21)22-2)12-4-6-13(18)7-5-12/h4-7,14-15H,3,8-11H2,1-2H3/t14-,15-/m0/s1. The molecule has 1 aliphatic rings. The fourth-order valence-electron chi connectivity index (χ4n) is 3.05. The SMILES string of the molecule is CCOC(=O)CN1CC[C@@H](c2ccc(Cl)cc2)[C@@H](C(=O)OC)C1. The average molecular weight is 340 g/mol. The van der Waals surface area contributed by atoms with Gasteiger partial charge in [-0.05, 0) is 43.5 Å². The summed E-state index contributed by atoms with van der Waals surface area (Å²) in [7, 11) is 1.39. The molecule has 1 saturated heterocycles. The molecule has 0 amide bonds. The number of benzene rings is 1. The van der Waals surface area contributed by atoms with E-state index in [9.17, 15) is 9.59 Å². The van der Waals surface area contributed by atoms with Crippen LogP contribution in [0.4, 0.5) is 0 Å². The molecule has 1 heterocycles. The van der Waals surface area contributed by atoms with Crippen LogP contribution in [0.25, 0.3) is 0 Å². The molecule has 0 unspecified atom stereocenters. The van der Waals surface area contributed by atoms with Crippen molar-refractivity contribution in [2.45, 2.75) is 19.3 Å². The molecule has 0 radical (unpaired) electrons. The van der Waals surface area contributed by atoms with Crippen LogP contribution in [0.1, 0.15) is 24.8 Å². The van der Waals surface area contributed by atoms with E-state index in [0.29, 0.717) is 18.2 Å². The predicted molar refractivity (Wildman–Crippen MR) is 87.4 cm³/mol. The third kappa shape index (κ3) is 4.69. The van der Waals surface area contributed by atoms with E-state index >= 15 is 0 Å². The van der Waals surface area contributed by atoms with Crippen LogP contribution in [0.3, 0.4) is 0 Å². The van der Waals surface area contributed by atoms with E-state index in [2.05, 4.69) is 0 Å². The number of hydrogen-bond acceptors (Lipinski definition) is 5. The molecule has 1 fully saturated rings. The number of ether oxygens (including phenoxy) is 2. The van der Waals surface area contributed by atoms with Gasteiger partial charge in [0.25, 0.3) is 0 Å². The molecule has 1 aromatic rings. The molecule has 6 heteroatoms. The molecule has 2 rings (SSSR count). The van der Waals surface area contributed by atoms with Crippen LogP contribution in [-0.4, -0.2) is 50.2 Å². The topological polar surface area (TPSA) is 55.8 Å². The summed E-state index contributed by atoms with van der Waals surface area (Å²) in [6.07, 6.45) is 0.779. The molecule has 126 valence electrons. The Morgan fingerprint density at radius 2 is 2.00 bits per heavy atom. The lowest BCUT2D eigenvalue weighted by Gasteiger charge is -2.36. The molecule has 5 nitrogen and oxygen atoms in total. The fourth-order valence-corrected chi connectivity index (χ4v) is 3.18. The molecule has 0 spiro atoms. The summed E-state index contributed by atoms with van der Waals surface area (Å²) in [5.41, 5.74) is 1.07. The molecule has 0 saturated carbocycles. The van der Waals surface area contributed by atoms with Gasteiger partial charge in [-0.1, -0.05) is 23.7 Å². The highest BCUT2D eigenvalue weighted by molar-refractivity contribution is 6.30. The highest BCUT2D eigenvalue weighted by atomic mass is 35.5. The van der Waals surface area contributed by atoms with Crippen LogP contribution in [0.2, 0.25) is 5.02 Å². The second-order valence-corrected chi connectivity index (χ2v) is 6.05. The molecule has 0 bridgehead atoms. The van der Waals surface area contributed by atoms with E-state index in [1.54, 1.807) is 6.92 Å². The number of hydrogen-bond donors (Lipinski definition) is 0. The van der Waals surface area contributed by atoms with E-state index < -0.39 is 0 Å². The number of piperidine rings is 1. The molecular formula is C17H22ClNO4. The van der Waals surface area contributed by atoms with Gasteiger partial charge in [0, 0.05) is 11.6 Å². The van der Waals surface area contributed by atoms with E-state index in [-0.39, 0.29) is 30.3 Å². The summed E-state index contributed by atoms with van der Waals surface area (Å²) in [6.45, 7) is 3.56. The average Bonchev–Trinajstić information content (AvgIpc) is 2.55. The molecule has 1 aromatic carbocycles. The van der Waals surface area contributed by atoms with Gasteiger partial charge in [0.1, 0.15) is 0 Å². The number of carbonyl (C=O) groups is 2. The van der Waals surface area contributed by atoms with Gasteiger partial charge in [-0.3, -0.25) is 14.5 Å². The molecule has 2 atom stereocenters. The first-order valence-electron chi connectivity index (χ1n) is 7.76. The zero-order valence-electron chi connectivity index (χ0n) is 13.5. The Bertz CT molecular complexity index is 546. The maximum atomic E-state index is 12.2. The summed E-state index contributed by atoms with van der Waals surface area (Å²) in [5.74, 6) is -0.748. The van der Waals surface area contributed by atoms with Gasteiger partial charge in [-0.25, -0.2) is 0 Å². The molecule has 0 N–H and O–H groups in total. The van der Waals surface area contributed by atoms with Crippen LogP contribution in [-0.2, 0) is 19.1 Å². The van der Waals surface area contributed by atoms with Gasteiger partial charge in [0.15, 0.2) is 0 Å². The van der Waals surface area contributed by atoms with Crippen molar-refractivity contribution < 1.29 is 19.1 Å². The quantitative estimate of drug-likeness (QED) is 0.771. The third-order valence-corrected chi connectivity index (χ3v) is 4.41. The maximum Gasteiger partial charge on any atom is 0.320 e. The fraction of sp³-hybridized carbons (Fsp3) is 0.529. The zero-order chi connectivity index (χ0) is 16.8. The predicted octanol–water partition coefficient (Wildman–Crippen LogP) is 2.48. The Hall–Kier alpha value is -1.59.